The molecule has 2 heteroatoms. The number of ether oxygens (including phenoxy) is 2. The predicted octanol–water partition coefficient (Wildman–Crippen LogP) is 6.60. The summed E-state index contributed by atoms with van der Waals surface area (Å²) in [5.74, 6) is 5.39. The van der Waals surface area contributed by atoms with Crippen molar-refractivity contribution >= 4 is 0 Å². The first-order valence-corrected chi connectivity index (χ1v) is 12.8. The molecule has 0 aromatic rings. The molecular formula is C27H42O2. The minimum absolute atomic E-state index is 0.259. The molecule has 162 valence electrons. The van der Waals surface area contributed by atoms with Gasteiger partial charge in [0.05, 0.1) is 12.7 Å². The molecule has 2 heterocycles. The molecule has 6 rings (SSSR count). The summed E-state index contributed by atoms with van der Waals surface area (Å²) in [6.45, 7) is 11.0. The van der Waals surface area contributed by atoms with Crippen LogP contribution in [0.3, 0.4) is 0 Å². The number of hydrogen-bond acceptors (Lipinski definition) is 2. The second kappa shape index (κ2) is 6.35. The molecule has 0 amide bonds. The van der Waals surface area contributed by atoms with Crippen molar-refractivity contribution in [3.8, 4) is 0 Å². The van der Waals surface area contributed by atoms with Crippen molar-refractivity contribution < 1.29 is 9.47 Å². The third kappa shape index (κ3) is 2.48. The molecule has 1 spiro atoms. The highest BCUT2D eigenvalue weighted by Crippen LogP contribution is 2.71. The van der Waals surface area contributed by atoms with Crippen LogP contribution in [-0.2, 0) is 9.47 Å². The lowest BCUT2D eigenvalue weighted by molar-refractivity contribution is -0.273. The first-order valence-electron chi connectivity index (χ1n) is 12.8. The van der Waals surface area contributed by atoms with E-state index in [1.54, 1.807) is 0 Å². The van der Waals surface area contributed by atoms with Gasteiger partial charge in [-0.2, -0.15) is 0 Å². The summed E-state index contributed by atoms with van der Waals surface area (Å²) in [6, 6.07) is 0. The topological polar surface area (TPSA) is 18.5 Å². The van der Waals surface area contributed by atoms with E-state index in [1.165, 1.54) is 51.4 Å². The van der Waals surface area contributed by atoms with E-state index in [1.807, 2.05) is 0 Å². The van der Waals surface area contributed by atoms with Gasteiger partial charge in [-0.25, -0.2) is 0 Å². The Balaban J connectivity index is 1.28. The number of hydrogen-bond donors (Lipinski definition) is 0. The van der Waals surface area contributed by atoms with E-state index in [4.69, 9.17) is 9.47 Å². The number of rotatable bonds is 0. The molecule has 11 atom stereocenters. The van der Waals surface area contributed by atoms with Gasteiger partial charge < -0.3 is 9.47 Å². The summed E-state index contributed by atoms with van der Waals surface area (Å²) >= 11 is 0. The van der Waals surface area contributed by atoms with Crippen molar-refractivity contribution in [2.24, 2.45) is 52.3 Å². The predicted molar refractivity (Wildman–Crippen MR) is 116 cm³/mol. The lowest BCUT2D eigenvalue weighted by Gasteiger charge is -2.60. The van der Waals surface area contributed by atoms with Gasteiger partial charge in [-0.15, -0.1) is 0 Å². The summed E-state index contributed by atoms with van der Waals surface area (Å²) < 4.78 is 13.4. The normalized spacial score (nSPS) is 61.1. The molecule has 2 unspecified atom stereocenters. The fourth-order valence-corrected chi connectivity index (χ4v) is 9.86. The lowest BCUT2D eigenvalue weighted by atomic mass is 9.45. The van der Waals surface area contributed by atoms with Crippen LogP contribution in [0.5, 0.6) is 0 Å². The van der Waals surface area contributed by atoms with Gasteiger partial charge >= 0.3 is 0 Å². The van der Waals surface area contributed by atoms with Gasteiger partial charge in [0.2, 0.25) is 0 Å². The Kier molecular flexibility index (Phi) is 4.23. The Morgan fingerprint density at radius 3 is 2.55 bits per heavy atom. The maximum atomic E-state index is 6.91. The maximum Gasteiger partial charge on any atom is 0.171 e. The van der Waals surface area contributed by atoms with Crippen LogP contribution in [-0.4, -0.2) is 18.5 Å². The summed E-state index contributed by atoms with van der Waals surface area (Å²) in [6.07, 6.45) is 17.6. The number of allylic oxidation sites excluding steroid dienone is 2. The van der Waals surface area contributed by atoms with Gasteiger partial charge in [0.25, 0.3) is 0 Å². The molecule has 5 fully saturated rings. The largest absolute Gasteiger partial charge is 0.349 e. The first-order chi connectivity index (χ1) is 13.9. The molecule has 4 aliphatic carbocycles. The van der Waals surface area contributed by atoms with Crippen molar-refractivity contribution in [3.05, 3.63) is 12.2 Å². The van der Waals surface area contributed by atoms with Gasteiger partial charge in [-0.3, -0.25) is 0 Å². The van der Waals surface area contributed by atoms with Crippen LogP contribution in [0, 0.1) is 52.3 Å². The number of fused-ring (bicyclic) bond motifs is 7. The van der Waals surface area contributed by atoms with Crippen LogP contribution in [0.25, 0.3) is 0 Å². The third-order valence-electron chi connectivity index (χ3n) is 11.5. The van der Waals surface area contributed by atoms with E-state index >= 15 is 0 Å². The van der Waals surface area contributed by atoms with Crippen LogP contribution in [0.2, 0.25) is 0 Å². The molecule has 0 bridgehead atoms. The third-order valence-corrected chi connectivity index (χ3v) is 11.5. The van der Waals surface area contributed by atoms with Crippen molar-refractivity contribution in [1.29, 1.82) is 0 Å². The highest BCUT2D eigenvalue weighted by molar-refractivity contribution is 5.16. The fourth-order valence-electron chi connectivity index (χ4n) is 9.86. The average Bonchev–Trinajstić information content (AvgIpc) is 3.15. The van der Waals surface area contributed by atoms with Crippen LogP contribution in [0.1, 0.15) is 85.5 Å². The summed E-state index contributed by atoms with van der Waals surface area (Å²) in [7, 11) is 0. The zero-order valence-corrected chi connectivity index (χ0v) is 19.2. The van der Waals surface area contributed by atoms with E-state index in [0.717, 1.165) is 36.7 Å². The highest BCUT2D eigenvalue weighted by Gasteiger charge is 2.68. The monoisotopic (exact) mass is 398 g/mol. The Hall–Kier alpha value is -0.340. The second-order valence-corrected chi connectivity index (χ2v) is 12.6. The van der Waals surface area contributed by atoms with Crippen LogP contribution < -0.4 is 0 Å². The van der Waals surface area contributed by atoms with Crippen LogP contribution in [0.4, 0.5) is 0 Å². The van der Waals surface area contributed by atoms with Crippen molar-refractivity contribution in [2.75, 3.05) is 6.61 Å². The van der Waals surface area contributed by atoms with Gasteiger partial charge in [0.15, 0.2) is 5.79 Å². The molecule has 0 aromatic carbocycles. The minimum Gasteiger partial charge on any atom is -0.349 e. The van der Waals surface area contributed by atoms with E-state index in [0.29, 0.717) is 34.7 Å². The van der Waals surface area contributed by atoms with Gasteiger partial charge in [0, 0.05) is 12.3 Å². The van der Waals surface area contributed by atoms with Crippen LogP contribution in [0.15, 0.2) is 12.2 Å². The van der Waals surface area contributed by atoms with E-state index in [2.05, 4.69) is 39.8 Å². The second-order valence-electron chi connectivity index (χ2n) is 12.6. The molecule has 29 heavy (non-hydrogen) atoms. The molecule has 0 N–H and O–H groups in total. The zero-order valence-electron chi connectivity index (χ0n) is 19.2. The molecule has 6 aliphatic rings. The van der Waals surface area contributed by atoms with Crippen molar-refractivity contribution in [3.63, 3.8) is 0 Å². The van der Waals surface area contributed by atoms with E-state index in [9.17, 15) is 0 Å². The molecule has 2 saturated heterocycles. The standard InChI is InChI=1S/C27H42O2/c1-17-10-14-27(28-16-17)18(2)24-23(29-27)15-22-20-9-8-19-7-5-6-12-25(19,3)21(20)11-13-26(22,24)4/h5-6,17-24H,7-16H2,1-4H3/t17?,18-,19?,20+,21-,22-,23-,24-,25-,26-,27+/m0/s1. The lowest BCUT2D eigenvalue weighted by Crippen LogP contribution is -2.53. The maximum absolute atomic E-state index is 6.91. The molecule has 3 saturated carbocycles. The Morgan fingerprint density at radius 2 is 1.76 bits per heavy atom. The summed E-state index contributed by atoms with van der Waals surface area (Å²) in [5, 5.41) is 0. The van der Waals surface area contributed by atoms with Gasteiger partial charge in [-0.1, -0.05) is 39.8 Å². The Bertz CT molecular complexity index is 691. The SMILES string of the molecule is CC1CC[C@@]2(OC1)O[C@H]1C[C@H]3[C@@H]4CCC5CC=CC[C@]5(C)[C@H]4CC[C@]3(C)[C@H]1[C@@H]2C. The smallest absolute Gasteiger partial charge is 0.171 e. The molecule has 0 aromatic heterocycles. The fraction of sp³-hybridized carbons (Fsp3) is 0.926. The van der Waals surface area contributed by atoms with E-state index in [-0.39, 0.29) is 5.79 Å². The summed E-state index contributed by atoms with van der Waals surface area (Å²) in [5.41, 5.74) is 1.03. The minimum atomic E-state index is -0.259. The first kappa shape index (κ1) is 19.4. The van der Waals surface area contributed by atoms with Gasteiger partial charge in [0.1, 0.15) is 0 Å². The van der Waals surface area contributed by atoms with Crippen molar-refractivity contribution in [2.45, 2.75) is 97.4 Å². The quantitative estimate of drug-likeness (QED) is 0.428. The van der Waals surface area contributed by atoms with Gasteiger partial charge in [-0.05, 0) is 97.7 Å². The molecular weight excluding hydrogens is 356 g/mol. The zero-order chi connectivity index (χ0) is 20.0. The summed E-state index contributed by atoms with van der Waals surface area (Å²) in [4.78, 5) is 0. The molecule has 0 radical (unpaired) electrons. The highest BCUT2D eigenvalue weighted by atomic mass is 16.7. The van der Waals surface area contributed by atoms with Crippen molar-refractivity contribution in [1.82, 2.24) is 0 Å². The average molecular weight is 399 g/mol. The molecule has 2 aliphatic heterocycles. The Morgan fingerprint density at radius 1 is 0.897 bits per heavy atom. The van der Waals surface area contributed by atoms with E-state index < -0.39 is 0 Å². The Labute approximate surface area is 178 Å². The van der Waals surface area contributed by atoms with Crippen LogP contribution >= 0.6 is 0 Å². The molecule has 2 nitrogen and oxygen atoms in total.